The Bertz CT molecular complexity index is 938. The molecule has 3 rings (SSSR count). The van der Waals surface area contributed by atoms with Gasteiger partial charge in [0.1, 0.15) is 5.70 Å². The van der Waals surface area contributed by atoms with Gasteiger partial charge >= 0.3 is 0 Å². The van der Waals surface area contributed by atoms with Crippen LogP contribution in [0.2, 0.25) is 5.02 Å². The molecule has 1 aliphatic rings. The summed E-state index contributed by atoms with van der Waals surface area (Å²) in [5, 5.41) is 3.72. The van der Waals surface area contributed by atoms with Gasteiger partial charge in [-0.3, -0.25) is 14.5 Å². The number of amides is 2. The molecule has 0 aliphatic carbocycles. The molecule has 1 heterocycles. The number of imide groups is 1. The third-order valence-corrected chi connectivity index (χ3v) is 5.06. The van der Waals surface area contributed by atoms with Crippen molar-refractivity contribution in [1.82, 2.24) is 4.90 Å². The SMILES string of the molecule is Cc1ccc(NC2=C(c3ccccc3)C(=O)N(CCCOC(C)C)C2=O)cc1Cl. The van der Waals surface area contributed by atoms with Gasteiger partial charge in [0.2, 0.25) is 0 Å². The number of hydrogen-bond donors (Lipinski definition) is 1. The molecule has 6 heteroatoms. The Morgan fingerprint density at radius 2 is 1.79 bits per heavy atom. The van der Waals surface area contributed by atoms with E-state index in [1.54, 1.807) is 6.07 Å². The van der Waals surface area contributed by atoms with Gasteiger partial charge in [-0.2, -0.15) is 0 Å². The van der Waals surface area contributed by atoms with Crippen molar-refractivity contribution in [2.75, 3.05) is 18.5 Å². The molecule has 0 saturated carbocycles. The molecule has 0 spiro atoms. The summed E-state index contributed by atoms with van der Waals surface area (Å²) in [6, 6.07) is 14.7. The normalized spacial score (nSPS) is 14.3. The third kappa shape index (κ3) is 4.86. The van der Waals surface area contributed by atoms with Gasteiger partial charge in [0.05, 0.1) is 11.7 Å². The summed E-state index contributed by atoms with van der Waals surface area (Å²) in [6.07, 6.45) is 0.697. The standard InChI is InChI=1S/C23H25ClN2O3/c1-15(2)29-13-7-12-26-22(27)20(17-8-5-4-6-9-17)21(23(26)28)25-18-11-10-16(3)19(24)14-18/h4-6,8-11,14-15,25H,7,12-13H2,1-3H3. The van der Waals surface area contributed by atoms with Crippen LogP contribution in [0.25, 0.3) is 5.57 Å². The Labute approximate surface area is 176 Å². The van der Waals surface area contributed by atoms with Crippen molar-refractivity contribution in [2.24, 2.45) is 0 Å². The molecule has 0 saturated heterocycles. The molecular formula is C23H25ClN2O3. The van der Waals surface area contributed by atoms with Crippen molar-refractivity contribution < 1.29 is 14.3 Å². The number of aryl methyl sites for hydroxylation is 1. The van der Waals surface area contributed by atoms with E-state index in [0.29, 0.717) is 41.4 Å². The smallest absolute Gasteiger partial charge is 0.278 e. The van der Waals surface area contributed by atoms with E-state index in [9.17, 15) is 9.59 Å². The van der Waals surface area contributed by atoms with Gasteiger partial charge in [-0.05, 0) is 50.5 Å². The first-order valence-corrected chi connectivity index (χ1v) is 10.1. The fourth-order valence-electron chi connectivity index (χ4n) is 3.12. The fourth-order valence-corrected chi connectivity index (χ4v) is 3.30. The highest BCUT2D eigenvalue weighted by Gasteiger charge is 2.38. The Hall–Kier alpha value is -2.63. The van der Waals surface area contributed by atoms with E-state index in [0.717, 1.165) is 5.56 Å². The average molecular weight is 413 g/mol. The monoisotopic (exact) mass is 412 g/mol. The number of ether oxygens (including phenoxy) is 1. The summed E-state index contributed by atoms with van der Waals surface area (Å²) >= 11 is 6.22. The molecule has 0 fully saturated rings. The van der Waals surface area contributed by atoms with Crippen LogP contribution in [0, 0.1) is 6.92 Å². The number of rotatable bonds is 8. The maximum Gasteiger partial charge on any atom is 0.278 e. The minimum Gasteiger partial charge on any atom is -0.379 e. The lowest BCUT2D eigenvalue weighted by molar-refractivity contribution is -0.137. The molecule has 152 valence electrons. The van der Waals surface area contributed by atoms with Crippen molar-refractivity contribution in [1.29, 1.82) is 0 Å². The summed E-state index contributed by atoms with van der Waals surface area (Å²) in [6.45, 7) is 6.62. The van der Waals surface area contributed by atoms with Crippen LogP contribution in [-0.2, 0) is 14.3 Å². The van der Waals surface area contributed by atoms with Crippen LogP contribution in [0.4, 0.5) is 5.69 Å². The number of carbonyl (C=O) groups is 2. The Kier molecular flexibility index (Phi) is 6.72. The fraction of sp³-hybridized carbons (Fsp3) is 0.304. The molecule has 2 aromatic carbocycles. The zero-order chi connectivity index (χ0) is 21.0. The number of anilines is 1. The van der Waals surface area contributed by atoms with Gasteiger partial charge in [0.25, 0.3) is 11.8 Å². The van der Waals surface area contributed by atoms with E-state index in [1.807, 2.05) is 63.2 Å². The average Bonchev–Trinajstić information content (AvgIpc) is 2.92. The van der Waals surface area contributed by atoms with Gasteiger partial charge in [-0.15, -0.1) is 0 Å². The lowest BCUT2D eigenvalue weighted by atomic mass is 10.0. The molecule has 0 atom stereocenters. The largest absolute Gasteiger partial charge is 0.379 e. The lowest BCUT2D eigenvalue weighted by Gasteiger charge is -2.16. The van der Waals surface area contributed by atoms with Gasteiger partial charge in [0.15, 0.2) is 0 Å². The molecule has 29 heavy (non-hydrogen) atoms. The Balaban J connectivity index is 1.89. The maximum absolute atomic E-state index is 13.1. The first-order chi connectivity index (χ1) is 13.9. The number of nitrogens with one attached hydrogen (secondary N) is 1. The second kappa shape index (κ2) is 9.25. The zero-order valence-corrected chi connectivity index (χ0v) is 17.6. The summed E-state index contributed by atoms with van der Waals surface area (Å²) in [5.41, 5.74) is 2.95. The minimum atomic E-state index is -0.338. The number of halogens is 1. The molecule has 2 aromatic rings. The molecule has 1 N–H and O–H groups in total. The first kappa shape index (κ1) is 21.1. The molecule has 1 aliphatic heterocycles. The van der Waals surface area contributed by atoms with E-state index in [1.165, 1.54) is 4.90 Å². The molecule has 0 aromatic heterocycles. The zero-order valence-electron chi connectivity index (χ0n) is 16.9. The number of carbonyl (C=O) groups excluding carboxylic acids is 2. The molecule has 0 unspecified atom stereocenters. The topological polar surface area (TPSA) is 58.6 Å². The minimum absolute atomic E-state index is 0.112. The van der Waals surface area contributed by atoms with Crippen LogP contribution in [0.3, 0.4) is 0 Å². The Morgan fingerprint density at radius 3 is 2.45 bits per heavy atom. The van der Waals surface area contributed by atoms with Crippen LogP contribution in [0.5, 0.6) is 0 Å². The number of nitrogens with zero attached hydrogens (tertiary/aromatic N) is 1. The molecule has 5 nitrogen and oxygen atoms in total. The van der Waals surface area contributed by atoms with E-state index in [-0.39, 0.29) is 23.6 Å². The first-order valence-electron chi connectivity index (χ1n) is 9.69. The van der Waals surface area contributed by atoms with Crippen molar-refractivity contribution in [3.63, 3.8) is 0 Å². The molecule has 0 bridgehead atoms. The van der Waals surface area contributed by atoms with Crippen LogP contribution < -0.4 is 5.32 Å². The van der Waals surface area contributed by atoms with Gasteiger partial charge in [-0.1, -0.05) is 48.0 Å². The summed E-state index contributed by atoms with van der Waals surface area (Å²) < 4.78 is 5.54. The van der Waals surface area contributed by atoms with E-state index in [2.05, 4.69) is 5.32 Å². The summed E-state index contributed by atoms with van der Waals surface area (Å²) in [5.74, 6) is -0.637. The quantitative estimate of drug-likeness (QED) is 0.506. The van der Waals surface area contributed by atoms with Gasteiger partial charge in [-0.25, -0.2) is 0 Å². The van der Waals surface area contributed by atoms with Crippen molar-refractivity contribution >= 4 is 34.7 Å². The predicted molar refractivity (Wildman–Crippen MR) is 116 cm³/mol. The van der Waals surface area contributed by atoms with Gasteiger partial charge in [0, 0.05) is 23.9 Å². The highest BCUT2D eigenvalue weighted by atomic mass is 35.5. The second-order valence-corrected chi connectivity index (χ2v) is 7.65. The summed E-state index contributed by atoms with van der Waals surface area (Å²) in [4.78, 5) is 27.5. The number of hydrogen-bond acceptors (Lipinski definition) is 4. The van der Waals surface area contributed by atoms with E-state index in [4.69, 9.17) is 16.3 Å². The lowest BCUT2D eigenvalue weighted by Crippen LogP contribution is -2.34. The maximum atomic E-state index is 13.1. The van der Waals surface area contributed by atoms with Crippen molar-refractivity contribution in [3.8, 4) is 0 Å². The molecule has 2 amide bonds. The summed E-state index contributed by atoms with van der Waals surface area (Å²) in [7, 11) is 0. The second-order valence-electron chi connectivity index (χ2n) is 7.24. The van der Waals surface area contributed by atoms with Crippen molar-refractivity contribution in [3.05, 3.63) is 70.4 Å². The van der Waals surface area contributed by atoms with Crippen LogP contribution in [-0.4, -0.2) is 36.0 Å². The molecular weight excluding hydrogens is 388 g/mol. The molecule has 0 radical (unpaired) electrons. The van der Waals surface area contributed by atoms with Crippen LogP contribution in [0.1, 0.15) is 31.4 Å². The Morgan fingerprint density at radius 1 is 1.07 bits per heavy atom. The van der Waals surface area contributed by atoms with E-state index >= 15 is 0 Å². The van der Waals surface area contributed by atoms with Gasteiger partial charge < -0.3 is 10.1 Å². The van der Waals surface area contributed by atoms with Crippen LogP contribution >= 0.6 is 11.6 Å². The van der Waals surface area contributed by atoms with Crippen LogP contribution in [0.15, 0.2) is 54.2 Å². The number of benzene rings is 2. The third-order valence-electron chi connectivity index (χ3n) is 4.65. The van der Waals surface area contributed by atoms with Crippen molar-refractivity contribution in [2.45, 2.75) is 33.3 Å². The highest BCUT2D eigenvalue weighted by molar-refractivity contribution is 6.36. The predicted octanol–water partition coefficient (Wildman–Crippen LogP) is 4.66. The van der Waals surface area contributed by atoms with E-state index < -0.39 is 0 Å². The highest BCUT2D eigenvalue weighted by Crippen LogP contribution is 2.31.